The van der Waals surface area contributed by atoms with Crippen molar-refractivity contribution < 1.29 is 0 Å². The SMILES string of the molecule is CC(Cl)Cl.CCCCCC.ClCCCl. The molecule has 0 amide bonds. The molecule has 0 aromatic heterocycles. The van der Waals surface area contributed by atoms with Gasteiger partial charge in [0.15, 0.2) is 0 Å². The van der Waals surface area contributed by atoms with Crippen LogP contribution < -0.4 is 0 Å². The fourth-order valence-electron chi connectivity index (χ4n) is 0.500. The van der Waals surface area contributed by atoms with Crippen molar-refractivity contribution in [1.82, 2.24) is 0 Å². The molecule has 0 N–H and O–H groups in total. The van der Waals surface area contributed by atoms with Crippen molar-refractivity contribution in [2.45, 2.75) is 51.3 Å². The molecule has 0 heterocycles. The van der Waals surface area contributed by atoms with E-state index in [1.807, 2.05) is 0 Å². The number of hydrogen-bond donors (Lipinski definition) is 0. The summed E-state index contributed by atoms with van der Waals surface area (Å²) in [7, 11) is 0. The molecule has 90 valence electrons. The monoisotopic (exact) mass is 282 g/mol. The normalized spacial score (nSPS) is 8.57. The van der Waals surface area contributed by atoms with Gasteiger partial charge in [-0.25, -0.2) is 0 Å². The summed E-state index contributed by atoms with van der Waals surface area (Å²) >= 11 is 20.2. The van der Waals surface area contributed by atoms with Crippen LogP contribution in [0.25, 0.3) is 0 Å². The molecule has 0 spiro atoms. The summed E-state index contributed by atoms with van der Waals surface area (Å²) in [5.74, 6) is 1.11. The van der Waals surface area contributed by atoms with Crippen LogP contribution in [0.3, 0.4) is 0 Å². The van der Waals surface area contributed by atoms with Gasteiger partial charge in [-0.15, -0.1) is 46.4 Å². The topological polar surface area (TPSA) is 0 Å². The number of alkyl halides is 4. The molecule has 0 aromatic carbocycles. The molecule has 0 saturated heterocycles. The second kappa shape index (κ2) is 23.8. The third kappa shape index (κ3) is 73.1. The molecule has 0 aliphatic rings. The highest BCUT2D eigenvalue weighted by Gasteiger charge is 1.75. The van der Waals surface area contributed by atoms with Crippen LogP contribution >= 0.6 is 46.4 Å². The minimum Gasteiger partial charge on any atom is -0.125 e. The smallest absolute Gasteiger partial charge is 0.105 e. The van der Waals surface area contributed by atoms with Gasteiger partial charge in [0.2, 0.25) is 0 Å². The van der Waals surface area contributed by atoms with Gasteiger partial charge in [0.25, 0.3) is 0 Å². The van der Waals surface area contributed by atoms with Crippen LogP contribution in [0.2, 0.25) is 0 Å². The maximum Gasteiger partial charge on any atom is 0.105 e. The van der Waals surface area contributed by atoms with Crippen LogP contribution in [0, 0.1) is 0 Å². The first-order valence-electron chi connectivity index (χ1n) is 4.96. The number of rotatable bonds is 4. The maximum absolute atomic E-state index is 5.05. The van der Waals surface area contributed by atoms with Crippen LogP contribution in [0.15, 0.2) is 0 Å². The molecule has 0 rings (SSSR count). The fraction of sp³-hybridized carbons (Fsp3) is 1.00. The minimum atomic E-state index is -0.222. The molecule has 0 nitrogen and oxygen atoms in total. The van der Waals surface area contributed by atoms with Gasteiger partial charge >= 0.3 is 0 Å². The Morgan fingerprint density at radius 3 is 1.14 bits per heavy atom. The maximum atomic E-state index is 5.05. The number of unbranched alkanes of at least 4 members (excludes halogenated alkanes) is 3. The quantitative estimate of drug-likeness (QED) is 0.448. The molecular weight excluding hydrogens is 262 g/mol. The van der Waals surface area contributed by atoms with Gasteiger partial charge in [-0.1, -0.05) is 39.5 Å². The van der Waals surface area contributed by atoms with E-state index in [0.717, 1.165) is 0 Å². The van der Waals surface area contributed by atoms with Crippen molar-refractivity contribution in [3.8, 4) is 0 Å². The summed E-state index contributed by atoms with van der Waals surface area (Å²) in [4.78, 5) is -0.222. The zero-order valence-corrected chi connectivity index (χ0v) is 12.4. The van der Waals surface area contributed by atoms with Crippen molar-refractivity contribution in [3.63, 3.8) is 0 Å². The van der Waals surface area contributed by atoms with Gasteiger partial charge in [-0.05, 0) is 6.92 Å². The highest BCUT2D eigenvalue weighted by Crippen LogP contribution is 1.95. The van der Waals surface area contributed by atoms with Crippen molar-refractivity contribution in [1.29, 1.82) is 0 Å². The summed E-state index contributed by atoms with van der Waals surface area (Å²) in [6.07, 6.45) is 5.54. The van der Waals surface area contributed by atoms with E-state index in [2.05, 4.69) is 13.8 Å². The number of halogens is 4. The van der Waals surface area contributed by atoms with E-state index in [1.165, 1.54) is 25.7 Å². The first kappa shape index (κ1) is 20.6. The summed E-state index contributed by atoms with van der Waals surface area (Å²) in [5.41, 5.74) is 0. The fourth-order valence-corrected chi connectivity index (χ4v) is 0.500. The zero-order valence-electron chi connectivity index (χ0n) is 9.33. The van der Waals surface area contributed by atoms with Crippen molar-refractivity contribution >= 4 is 46.4 Å². The second-order valence-electron chi connectivity index (χ2n) is 2.60. The summed E-state index contributed by atoms with van der Waals surface area (Å²) in [6.45, 7) is 6.16. The molecule has 0 aliphatic heterocycles. The van der Waals surface area contributed by atoms with Gasteiger partial charge in [-0.2, -0.15) is 0 Å². The van der Waals surface area contributed by atoms with Crippen molar-refractivity contribution in [3.05, 3.63) is 0 Å². The molecule has 4 heteroatoms. The molecule has 0 radical (unpaired) electrons. The summed E-state index contributed by atoms with van der Waals surface area (Å²) in [5, 5.41) is 0. The molecule has 0 aliphatic carbocycles. The van der Waals surface area contributed by atoms with E-state index >= 15 is 0 Å². The Labute approximate surface area is 109 Å². The van der Waals surface area contributed by atoms with Crippen LogP contribution in [0.1, 0.15) is 46.5 Å². The minimum absolute atomic E-state index is 0.222. The summed E-state index contributed by atoms with van der Waals surface area (Å²) < 4.78 is 0. The van der Waals surface area contributed by atoms with E-state index in [9.17, 15) is 0 Å². The van der Waals surface area contributed by atoms with E-state index in [1.54, 1.807) is 6.92 Å². The zero-order chi connectivity index (χ0) is 11.8. The lowest BCUT2D eigenvalue weighted by atomic mass is 10.2. The molecule has 0 saturated carbocycles. The average Bonchev–Trinajstić information content (AvgIpc) is 2.14. The molecule has 0 unspecified atom stereocenters. The van der Waals surface area contributed by atoms with Gasteiger partial charge in [0.05, 0.1) is 0 Å². The molecule has 0 bridgehead atoms. The van der Waals surface area contributed by atoms with Crippen LogP contribution in [0.4, 0.5) is 0 Å². The van der Waals surface area contributed by atoms with Crippen LogP contribution in [0.5, 0.6) is 0 Å². The van der Waals surface area contributed by atoms with Crippen LogP contribution in [-0.4, -0.2) is 16.6 Å². The first-order chi connectivity index (χ1) is 6.56. The van der Waals surface area contributed by atoms with Gasteiger partial charge in [0, 0.05) is 11.8 Å². The van der Waals surface area contributed by atoms with Crippen molar-refractivity contribution in [2.24, 2.45) is 0 Å². The molecule has 0 aromatic rings. The third-order valence-electron chi connectivity index (χ3n) is 1.03. The van der Waals surface area contributed by atoms with E-state index in [0.29, 0.717) is 11.8 Å². The third-order valence-corrected chi connectivity index (χ3v) is 1.60. The molecule has 0 fully saturated rings. The Morgan fingerprint density at radius 1 is 0.857 bits per heavy atom. The average molecular weight is 284 g/mol. The highest BCUT2D eigenvalue weighted by atomic mass is 35.5. The lowest BCUT2D eigenvalue weighted by Gasteiger charge is -1.86. The Morgan fingerprint density at radius 2 is 1.07 bits per heavy atom. The van der Waals surface area contributed by atoms with Gasteiger partial charge in [-0.3, -0.25) is 0 Å². The van der Waals surface area contributed by atoms with E-state index < -0.39 is 0 Å². The number of hydrogen-bond acceptors (Lipinski definition) is 0. The molecular formula is C10H22Cl4. The lowest BCUT2D eigenvalue weighted by molar-refractivity contribution is 0.702. The second-order valence-corrected chi connectivity index (χ2v) is 4.89. The van der Waals surface area contributed by atoms with Gasteiger partial charge in [0.1, 0.15) is 4.84 Å². The predicted octanol–water partition coefficient (Wildman–Crippen LogP) is 5.86. The van der Waals surface area contributed by atoms with Crippen molar-refractivity contribution in [2.75, 3.05) is 11.8 Å². The van der Waals surface area contributed by atoms with E-state index in [-0.39, 0.29) is 4.84 Å². The largest absolute Gasteiger partial charge is 0.125 e. The Kier molecular flexibility index (Phi) is 34.9. The Bertz CT molecular complexity index is 58.4. The summed E-state index contributed by atoms with van der Waals surface area (Å²) in [6, 6.07) is 0. The Hall–Kier alpha value is 1.16. The van der Waals surface area contributed by atoms with Crippen LogP contribution in [-0.2, 0) is 0 Å². The first-order valence-corrected chi connectivity index (χ1v) is 6.90. The predicted molar refractivity (Wildman–Crippen MR) is 72.4 cm³/mol. The molecule has 14 heavy (non-hydrogen) atoms. The lowest BCUT2D eigenvalue weighted by Crippen LogP contribution is -1.66. The Balaban J connectivity index is -0.000000135. The van der Waals surface area contributed by atoms with Gasteiger partial charge < -0.3 is 0 Å². The van der Waals surface area contributed by atoms with E-state index in [4.69, 9.17) is 46.4 Å². The highest BCUT2D eigenvalue weighted by molar-refractivity contribution is 6.43. The molecule has 0 atom stereocenters. The standard InChI is InChI=1S/C6H14.2C2H4Cl2/c1-3-5-6-4-2;1-2(3)4;3-1-2-4/h3-6H2,1-2H3;2H,1H3;1-2H2.